The summed E-state index contributed by atoms with van der Waals surface area (Å²) in [5.74, 6) is -17.4. The van der Waals surface area contributed by atoms with Crippen LogP contribution in [0.15, 0.2) is 47.8 Å². The summed E-state index contributed by atoms with van der Waals surface area (Å²) in [5, 5.41) is 56.8. The Bertz CT molecular complexity index is 3260. The predicted octanol–water partition coefficient (Wildman–Crippen LogP) is -4.27. The van der Waals surface area contributed by atoms with Crippen LogP contribution in [0.5, 0.6) is 0 Å². The van der Waals surface area contributed by atoms with E-state index in [1.807, 2.05) is 0 Å². The summed E-state index contributed by atoms with van der Waals surface area (Å²) in [5.41, 5.74) is 29.2. The van der Waals surface area contributed by atoms with Gasteiger partial charge >= 0.3 is 11.9 Å². The number of H-pyrrole nitrogens is 1. The topological polar surface area (TPSA) is 620 Å². The molecule has 1 heterocycles. The molecule has 0 unspecified atom stereocenters. The number of nitrogens with one attached hydrogen (secondary N) is 12. The van der Waals surface area contributed by atoms with E-state index in [1.54, 1.807) is 58.0 Å². The van der Waals surface area contributed by atoms with Crippen LogP contribution in [0.3, 0.4) is 0 Å². The maximum Gasteiger partial charge on any atom is 0.303 e. The molecule has 13 atom stereocenters. The number of hydrogen-bond acceptors (Lipinski definition) is 19. The van der Waals surface area contributed by atoms with Crippen LogP contribution >= 0.6 is 0 Å². The SMILES string of the molecule is CC[C@H](C)[C@H](N)C(=O)N[C@@H](CO)C(=O)N[C@@H](CCC(=O)O)C(=O)N[C@H](C(=O)N[C@@H](CC(N)=O)C(=O)N[C@@H](CC(C)C)C(=O)N[C@@H](CC1CCCCC1)C(=O)N[C@@H](C)C(=O)N[C@@H](CCC(=O)O)C(=O)N[C@@H](Cc1ccccc1)C(=O)N[C@@H](CCCN=C(N)N)C(=O)N[C@@H](Cc1cnc[nH]1)C(N)=O)C(C)C. The van der Waals surface area contributed by atoms with Crippen LogP contribution in [0, 0.1) is 23.7 Å². The van der Waals surface area contributed by atoms with Crippen molar-refractivity contribution in [2.75, 3.05) is 13.2 Å². The number of carboxylic acid groups (broad SMARTS) is 2. The number of benzene rings is 1. The van der Waals surface area contributed by atoms with E-state index in [0.29, 0.717) is 30.5 Å². The van der Waals surface area contributed by atoms with Gasteiger partial charge in [0, 0.05) is 44.1 Å². The molecule has 0 saturated heterocycles. The van der Waals surface area contributed by atoms with Gasteiger partial charge in [-0.1, -0.05) is 110 Å². The lowest BCUT2D eigenvalue weighted by molar-refractivity contribution is -0.139. The Hall–Kier alpha value is -10.3. The molecule has 578 valence electrons. The Labute approximate surface area is 603 Å². The molecule has 1 aliphatic rings. The van der Waals surface area contributed by atoms with E-state index in [9.17, 15) is 87.2 Å². The summed E-state index contributed by atoms with van der Waals surface area (Å²) in [7, 11) is 0. The molecule has 1 aliphatic carbocycles. The van der Waals surface area contributed by atoms with Crippen molar-refractivity contribution in [1.29, 1.82) is 0 Å². The van der Waals surface area contributed by atoms with Gasteiger partial charge in [0.25, 0.3) is 0 Å². The van der Waals surface area contributed by atoms with E-state index in [1.165, 1.54) is 33.3 Å². The second-order valence-corrected chi connectivity index (χ2v) is 26.8. The number of aliphatic carboxylic acids is 2. The third kappa shape index (κ3) is 31.9. The zero-order valence-corrected chi connectivity index (χ0v) is 60.0. The van der Waals surface area contributed by atoms with Crippen molar-refractivity contribution in [3.05, 3.63) is 54.1 Å². The first-order valence-corrected chi connectivity index (χ1v) is 34.8. The maximum absolute atomic E-state index is 14.6. The Kier molecular flexibility index (Phi) is 38.0. The van der Waals surface area contributed by atoms with Crippen molar-refractivity contribution in [1.82, 2.24) is 68.5 Å². The first-order chi connectivity index (χ1) is 49.0. The number of nitrogens with zero attached hydrogens (tertiary/aromatic N) is 2. The Morgan fingerprint density at radius 1 is 0.548 bits per heavy atom. The molecule has 25 N–H and O–H groups in total. The van der Waals surface area contributed by atoms with Gasteiger partial charge in [-0.15, -0.1) is 0 Å². The first-order valence-electron chi connectivity index (χ1n) is 34.8. The Balaban J connectivity index is 1.92. The minimum Gasteiger partial charge on any atom is -0.481 e. The molecule has 1 aromatic carbocycles. The van der Waals surface area contributed by atoms with Crippen LogP contribution in [0.1, 0.15) is 156 Å². The summed E-state index contributed by atoms with van der Waals surface area (Å²) >= 11 is 0. The number of carbonyl (C=O) groups is 15. The number of nitrogens with two attached hydrogens (primary N) is 5. The van der Waals surface area contributed by atoms with Crippen LogP contribution < -0.4 is 87.2 Å². The van der Waals surface area contributed by atoms with Gasteiger partial charge in [0.1, 0.15) is 66.5 Å². The number of aromatic amines is 1. The zero-order chi connectivity index (χ0) is 77.9. The monoisotopic (exact) mass is 1470 g/mol. The van der Waals surface area contributed by atoms with E-state index in [4.69, 9.17) is 28.7 Å². The molecular weight excluding hydrogens is 1360 g/mol. The van der Waals surface area contributed by atoms with E-state index < -0.39 is 206 Å². The number of guanidine groups is 1. The second-order valence-electron chi connectivity index (χ2n) is 26.8. The smallest absolute Gasteiger partial charge is 0.303 e. The van der Waals surface area contributed by atoms with Crippen molar-refractivity contribution < 1.29 is 87.2 Å². The minimum atomic E-state index is -1.82. The van der Waals surface area contributed by atoms with Crippen molar-refractivity contribution in [2.45, 2.75) is 230 Å². The van der Waals surface area contributed by atoms with Gasteiger partial charge in [-0.2, -0.15) is 0 Å². The molecular formula is C67H107N19O18. The molecule has 104 heavy (non-hydrogen) atoms. The summed E-state index contributed by atoms with van der Waals surface area (Å²) in [6.45, 7) is 10.2. The first kappa shape index (κ1) is 87.9. The number of aliphatic hydroxyl groups is 1. The molecule has 3 rings (SSSR count). The molecule has 1 aromatic heterocycles. The highest BCUT2D eigenvalue weighted by molar-refractivity contribution is 6.00. The summed E-state index contributed by atoms with van der Waals surface area (Å²) in [6, 6.07) is -9.74. The van der Waals surface area contributed by atoms with Crippen molar-refractivity contribution >= 4 is 94.7 Å². The van der Waals surface area contributed by atoms with Gasteiger partial charge in [0.05, 0.1) is 25.4 Å². The number of hydrogen-bond donors (Lipinski definition) is 20. The number of aliphatic imine (C=N–C) groups is 1. The van der Waals surface area contributed by atoms with Gasteiger partial charge in [0.15, 0.2) is 5.96 Å². The molecule has 1 saturated carbocycles. The van der Waals surface area contributed by atoms with Gasteiger partial charge < -0.3 is 107 Å². The lowest BCUT2D eigenvalue weighted by Gasteiger charge is -2.30. The fraction of sp³-hybridized carbons (Fsp3) is 0.627. The number of imidazole rings is 1. The van der Waals surface area contributed by atoms with Gasteiger partial charge in [0.2, 0.25) is 76.8 Å². The minimum absolute atomic E-state index is 0.0185. The second kappa shape index (κ2) is 44.9. The van der Waals surface area contributed by atoms with Crippen LogP contribution in [0.4, 0.5) is 0 Å². The molecule has 0 aliphatic heterocycles. The molecule has 37 nitrogen and oxygen atoms in total. The van der Waals surface area contributed by atoms with Crippen LogP contribution in [-0.4, -0.2) is 206 Å². The third-order valence-corrected chi connectivity index (χ3v) is 17.4. The summed E-state index contributed by atoms with van der Waals surface area (Å²) in [4.78, 5) is 214. The highest BCUT2D eigenvalue weighted by atomic mass is 16.4. The normalized spacial score (nSPS) is 16.0. The van der Waals surface area contributed by atoms with Crippen molar-refractivity contribution in [3.63, 3.8) is 0 Å². The van der Waals surface area contributed by atoms with E-state index in [-0.39, 0.29) is 68.8 Å². The number of aromatic nitrogens is 2. The van der Waals surface area contributed by atoms with E-state index >= 15 is 0 Å². The largest absolute Gasteiger partial charge is 0.481 e. The number of primary amides is 2. The third-order valence-electron chi connectivity index (χ3n) is 17.4. The Morgan fingerprint density at radius 3 is 1.55 bits per heavy atom. The number of carboxylic acids is 2. The van der Waals surface area contributed by atoms with Crippen LogP contribution in [0.2, 0.25) is 0 Å². The summed E-state index contributed by atoms with van der Waals surface area (Å²) < 4.78 is 0. The quantitative estimate of drug-likeness (QED) is 0.0169. The average molecular weight is 1470 g/mol. The highest BCUT2D eigenvalue weighted by Gasteiger charge is 2.39. The number of carbonyl (C=O) groups excluding carboxylic acids is 13. The predicted molar refractivity (Wildman–Crippen MR) is 376 cm³/mol. The Morgan fingerprint density at radius 2 is 1.03 bits per heavy atom. The lowest BCUT2D eigenvalue weighted by atomic mass is 9.84. The van der Waals surface area contributed by atoms with Crippen LogP contribution in [0.25, 0.3) is 0 Å². The summed E-state index contributed by atoms with van der Waals surface area (Å²) in [6.07, 6.45) is 3.43. The maximum atomic E-state index is 14.6. The van der Waals surface area contributed by atoms with Crippen molar-refractivity contribution in [3.8, 4) is 0 Å². The van der Waals surface area contributed by atoms with Crippen molar-refractivity contribution in [2.24, 2.45) is 57.3 Å². The number of rotatable bonds is 47. The fourth-order valence-electron chi connectivity index (χ4n) is 11.2. The van der Waals surface area contributed by atoms with E-state index in [0.717, 1.165) is 19.3 Å². The molecule has 2 aromatic rings. The van der Waals surface area contributed by atoms with Gasteiger partial charge in [-0.25, -0.2) is 4.98 Å². The molecule has 37 heteroatoms. The lowest BCUT2D eigenvalue weighted by Crippen LogP contribution is -2.62. The van der Waals surface area contributed by atoms with Gasteiger partial charge in [-0.05, 0) is 74.7 Å². The molecule has 0 bridgehead atoms. The molecule has 13 amide bonds. The van der Waals surface area contributed by atoms with Crippen LogP contribution in [-0.2, 0) is 84.8 Å². The van der Waals surface area contributed by atoms with Gasteiger partial charge in [-0.3, -0.25) is 76.9 Å². The molecule has 0 spiro atoms. The number of aliphatic hydroxyl groups excluding tert-OH is 1. The zero-order valence-electron chi connectivity index (χ0n) is 60.0. The molecule has 0 radical (unpaired) electrons. The average Bonchev–Trinajstić information content (AvgIpc) is 0.929. The standard InChI is InChI=1S/C67H107N19O18/c1-8-36(6)53(69)65(103)85-49(32-87)64(102)79-43(22-24-52(91)92)59(97)86-54(35(4)5)66(104)84-48(30-50(68)88)63(101)81-45(26-34(2)3)61(99)83-46(27-38-16-11-9-12-17-38)60(98)76-37(7)56(94)77-42(21-23-51(89)90)58(96)82-47(28-39-18-13-10-14-19-39)62(100)78-41(20-15-25-74-67(71)72)57(95)80-44(55(70)93)29-40-31-73-33-75-40/h10,13-14,18-19,31,33-38,41-49,53-54,87H,8-9,11-12,15-17,20-30,32,69H2,1-7H3,(H2,68,88)(H2,70,93)(H,73,75)(H,76,98)(H,77,94)(H,78,100)(H,79,102)(H,80,95)(H,81,101)(H,82,96)(H,83,99)(H,84,104)(H,85,103)(H,86,97)(H,89,90)(H,91,92)(H4,71,72,74)/t36-,37-,41-,42-,43-,44-,45-,46-,47-,48-,49-,53-,54-/m0/s1. The number of amides is 13. The van der Waals surface area contributed by atoms with E-state index in [2.05, 4.69) is 73.4 Å². The fourth-order valence-corrected chi connectivity index (χ4v) is 11.2. The highest BCUT2D eigenvalue weighted by Crippen LogP contribution is 2.28. The molecule has 1 fully saturated rings.